The topological polar surface area (TPSA) is 17.1 Å². The first kappa shape index (κ1) is 8.90. The SMILES string of the molecule is CC1c2ccccc2C2=CC(=O)CCC21. The molecule has 0 saturated carbocycles. The lowest BCUT2D eigenvalue weighted by Gasteiger charge is -2.20. The summed E-state index contributed by atoms with van der Waals surface area (Å²) in [6.45, 7) is 2.28. The van der Waals surface area contributed by atoms with Gasteiger partial charge in [-0.1, -0.05) is 31.2 Å². The lowest BCUT2D eigenvalue weighted by atomic mass is 9.83. The molecule has 1 aromatic rings. The Balaban J connectivity index is 2.20. The third-order valence-corrected chi connectivity index (χ3v) is 3.78. The maximum absolute atomic E-state index is 11.4. The molecular formula is C14H14O. The van der Waals surface area contributed by atoms with Gasteiger partial charge in [0.05, 0.1) is 0 Å². The van der Waals surface area contributed by atoms with E-state index in [1.54, 1.807) is 0 Å². The van der Waals surface area contributed by atoms with Crippen molar-refractivity contribution in [2.24, 2.45) is 5.92 Å². The van der Waals surface area contributed by atoms with E-state index < -0.39 is 0 Å². The van der Waals surface area contributed by atoms with Crippen molar-refractivity contribution in [3.05, 3.63) is 41.5 Å². The van der Waals surface area contributed by atoms with Crippen molar-refractivity contribution in [1.29, 1.82) is 0 Å². The van der Waals surface area contributed by atoms with Crippen LogP contribution in [0.1, 0.15) is 36.8 Å². The highest BCUT2D eigenvalue weighted by Gasteiger charge is 2.35. The molecule has 0 spiro atoms. The fraction of sp³-hybridized carbons (Fsp3) is 0.357. The van der Waals surface area contributed by atoms with Crippen molar-refractivity contribution in [3.8, 4) is 0 Å². The van der Waals surface area contributed by atoms with E-state index in [1.807, 2.05) is 6.08 Å². The van der Waals surface area contributed by atoms with Crippen LogP contribution >= 0.6 is 0 Å². The Bertz CT molecular complexity index is 456. The van der Waals surface area contributed by atoms with E-state index in [-0.39, 0.29) is 0 Å². The second-order valence-corrected chi connectivity index (χ2v) is 4.59. The van der Waals surface area contributed by atoms with Crippen LogP contribution < -0.4 is 0 Å². The van der Waals surface area contributed by atoms with Crippen LogP contribution in [0.4, 0.5) is 0 Å². The van der Waals surface area contributed by atoms with Crippen LogP contribution in [0.2, 0.25) is 0 Å². The summed E-state index contributed by atoms with van der Waals surface area (Å²) in [5.74, 6) is 1.46. The van der Waals surface area contributed by atoms with Gasteiger partial charge in [-0.15, -0.1) is 0 Å². The molecule has 0 heterocycles. The minimum Gasteiger partial charge on any atom is -0.295 e. The summed E-state index contributed by atoms with van der Waals surface area (Å²) in [5.41, 5.74) is 4.01. The number of carbonyl (C=O) groups is 1. The van der Waals surface area contributed by atoms with E-state index in [2.05, 4.69) is 31.2 Å². The lowest BCUT2D eigenvalue weighted by Crippen LogP contribution is -2.12. The number of carbonyl (C=O) groups excluding carboxylic acids is 1. The van der Waals surface area contributed by atoms with Gasteiger partial charge in [0.15, 0.2) is 5.78 Å². The first-order valence-electron chi connectivity index (χ1n) is 5.61. The van der Waals surface area contributed by atoms with E-state index in [1.165, 1.54) is 16.7 Å². The van der Waals surface area contributed by atoms with Crippen LogP contribution in [0.15, 0.2) is 30.3 Å². The van der Waals surface area contributed by atoms with Crippen LogP contribution in [-0.4, -0.2) is 5.78 Å². The van der Waals surface area contributed by atoms with Gasteiger partial charge in [-0.25, -0.2) is 0 Å². The molecule has 2 aliphatic rings. The van der Waals surface area contributed by atoms with Gasteiger partial charge < -0.3 is 0 Å². The van der Waals surface area contributed by atoms with E-state index in [0.717, 1.165) is 12.8 Å². The van der Waals surface area contributed by atoms with E-state index in [0.29, 0.717) is 17.6 Å². The van der Waals surface area contributed by atoms with E-state index in [9.17, 15) is 4.79 Å². The van der Waals surface area contributed by atoms with Crippen molar-refractivity contribution < 1.29 is 4.79 Å². The average molecular weight is 198 g/mol. The normalized spacial score (nSPS) is 28.3. The number of hydrogen-bond donors (Lipinski definition) is 0. The van der Waals surface area contributed by atoms with E-state index in [4.69, 9.17) is 0 Å². The molecule has 0 bridgehead atoms. The second kappa shape index (κ2) is 3.06. The van der Waals surface area contributed by atoms with E-state index >= 15 is 0 Å². The smallest absolute Gasteiger partial charge is 0.156 e. The molecule has 1 aromatic carbocycles. The Labute approximate surface area is 89.8 Å². The largest absolute Gasteiger partial charge is 0.295 e. The summed E-state index contributed by atoms with van der Waals surface area (Å²) < 4.78 is 0. The summed E-state index contributed by atoms with van der Waals surface area (Å²) in [7, 11) is 0. The first-order chi connectivity index (χ1) is 7.27. The zero-order valence-corrected chi connectivity index (χ0v) is 8.86. The standard InChI is InChI=1S/C14H14O/c1-9-11-4-2-3-5-13(11)14-8-10(15)6-7-12(9)14/h2-5,8-9,12H,6-7H2,1H3. The third-order valence-electron chi connectivity index (χ3n) is 3.78. The monoisotopic (exact) mass is 198 g/mol. The second-order valence-electron chi connectivity index (χ2n) is 4.59. The van der Waals surface area contributed by atoms with Gasteiger partial charge >= 0.3 is 0 Å². The summed E-state index contributed by atoms with van der Waals surface area (Å²) in [6, 6.07) is 8.50. The van der Waals surface area contributed by atoms with Gasteiger partial charge in [-0.2, -0.15) is 0 Å². The molecule has 0 fully saturated rings. The van der Waals surface area contributed by atoms with Gasteiger partial charge in [0.25, 0.3) is 0 Å². The van der Waals surface area contributed by atoms with Crippen LogP contribution in [0.5, 0.6) is 0 Å². The molecule has 3 rings (SSSR count). The van der Waals surface area contributed by atoms with Crippen molar-refractivity contribution in [2.45, 2.75) is 25.7 Å². The summed E-state index contributed by atoms with van der Waals surface area (Å²) in [6.07, 6.45) is 3.63. The van der Waals surface area contributed by atoms with Gasteiger partial charge in [-0.05, 0) is 41.0 Å². The van der Waals surface area contributed by atoms with Gasteiger partial charge in [0.1, 0.15) is 0 Å². The van der Waals surface area contributed by atoms with Gasteiger partial charge in [0.2, 0.25) is 0 Å². The van der Waals surface area contributed by atoms with Crippen molar-refractivity contribution in [1.82, 2.24) is 0 Å². The number of allylic oxidation sites excluding steroid dienone is 2. The van der Waals surface area contributed by atoms with Crippen LogP contribution in [0.3, 0.4) is 0 Å². The summed E-state index contributed by atoms with van der Waals surface area (Å²) in [5, 5.41) is 0. The molecule has 0 aliphatic heterocycles. The van der Waals surface area contributed by atoms with Crippen molar-refractivity contribution >= 4 is 11.4 Å². The maximum atomic E-state index is 11.4. The zero-order chi connectivity index (χ0) is 10.4. The van der Waals surface area contributed by atoms with Gasteiger partial charge in [0, 0.05) is 6.42 Å². The Morgan fingerprint density at radius 1 is 1.27 bits per heavy atom. The average Bonchev–Trinajstić information content (AvgIpc) is 2.54. The molecule has 0 saturated heterocycles. The number of ketones is 1. The Hall–Kier alpha value is -1.37. The minimum atomic E-state index is 0.296. The summed E-state index contributed by atoms with van der Waals surface area (Å²) in [4.78, 5) is 11.4. The van der Waals surface area contributed by atoms with Crippen molar-refractivity contribution in [3.63, 3.8) is 0 Å². The molecule has 1 nitrogen and oxygen atoms in total. The highest BCUT2D eigenvalue weighted by atomic mass is 16.1. The maximum Gasteiger partial charge on any atom is 0.156 e. The Kier molecular flexibility index (Phi) is 1.82. The molecule has 76 valence electrons. The van der Waals surface area contributed by atoms with Crippen LogP contribution in [0.25, 0.3) is 5.57 Å². The number of hydrogen-bond acceptors (Lipinski definition) is 1. The molecular weight excluding hydrogens is 184 g/mol. The molecule has 2 atom stereocenters. The molecule has 0 aromatic heterocycles. The molecule has 15 heavy (non-hydrogen) atoms. The predicted molar refractivity (Wildman–Crippen MR) is 60.6 cm³/mol. The fourth-order valence-electron chi connectivity index (χ4n) is 2.98. The molecule has 0 N–H and O–H groups in total. The molecule has 0 amide bonds. The summed E-state index contributed by atoms with van der Waals surface area (Å²) >= 11 is 0. The Morgan fingerprint density at radius 2 is 2.07 bits per heavy atom. The van der Waals surface area contributed by atoms with Crippen LogP contribution in [0, 0.1) is 5.92 Å². The highest BCUT2D eigenvalue weighted by molar-refractivity contribution is 6.00. The fourth-order valence-corrected chi connectivity index (χ4v) is 2.98. The Morgan fingerprint density at radius 3 is 2.93 bits per heavy atom. The highest BCUT2D eigenvalue weighted by Crippen LogP contribution is 2.49. The molecule has 2 aliphatic carbocycles. The lowest BCUT2D eigenvalue weighted by molar-refractivity contribution is -0.115. The predicted octanol–water partition coefficient (Wildman–Crippen LogP) is 3.17. The molecule has 2 unspecified atom stereocenters. The number of fused-ring (bicyclic) bond motifs is 3. The molecule has 0 radical (unpaired) electrons. The minimum absolute atomic E-state index is 0.296. The quantitative estimate of drug-likeness (QED) is 0.625. The third kappa shape index (κ3) is 1.19. The zero-order valence-electron chi connectivity index (χ0n) is 8.86. The molecule has 1 heteroatoms. The first-order valence-corrected chi connectivity index (χ1v) is 5.61. The van der Waals surface area contributed by atoms with Crippen molar-refractivity contribution in [2.75, 3.05) is 0 Å². The van der Waals surface area contributed by atoms with Gasteiger partial charge in [-0.3, -0.25) is 4.79 Å². The van der Waals surface area contributed by atoms with Crippen LogP contribution in [-0.2, 0) is 4.79 Å². The number of benzene rings is 1. The number of rotatable bonds is 0.